The van der Waals surface area contributed by atoms with Crippen molar-refractivity contribution < 1.29 is 4.79 Å². The summed E-state index contributed by atoms with van der Waals surface area (Å²) in [6, 6.07) is 9.94. The second-order valence-electron chi connectivity index (χ2n) is 6.04. The van der Waals surface area contributed by atoms with Crippen molar-refractivity contribution in [3.63, 3.8) is 0 Å². The highest BCUT2D eigenvalue weighted by Gasteiger charge is 2.28. The Balaban J connectivity index is 1.50. The number of allylic oxidation sites excluding steroid dienone is 3. The van der Waals surface area contributed by atoms with E-state index in [0.717, 1.165) is 29.9 Å². The van der Waals surface area contributed by atoms with Crippen LogP contribution in [-0.2, 0) is 12.3 Å². The van der Waals surface area contributed by atoms with Gasteiger partial charge in [0.2, 0.25) is 0 Å². The summed E-state index contributed by atoms with van der Waals surface area (Å²) in [7, 11) is 0. The minimum Gasteiger partial charge on any atom is -0.291 e. The Morgan fingerprint density at radius 2 is 2.00 bits per heavy atom. The molecule has 2 amide bonds. The Morgan fingerprint density at radius 1 is 1.19 bits per heavy atom. The van der Waals surface area contributed by atoms with E-state index in [-0.39, 0.29) is 6.03 Å². The molecule has 0 atom stereocenters. The Hall–Kier alpha value is -2.31. The number of rotatable bonds is 4. The second kappa shape index (κ2) is 7.51. The van der Waals surface area contributed by atoms with E-state index in [1.165, 1.54) is 5.56 Å². The number of carbonyl (C=O) groups is 1. The van der Waals surface area contributed by atoms with Crippen molar-refractivity contribution in [1.82, 2.24) is 14.9 Å². The zero-order valence-corrected chi connectivity index (χ0v) is 15.6. The van der Waals surface area contributed by atoms with Crippen molar-refractivity contribution in [2.24, 2.45) is 0 Å². The molecule has 0 fully saturated rings. The molecule has 4 rings (SSSR count). The van der Waals surface area contributed by atoms with Gasteiger partial charge in [-0.15, -0.1) is 0 Å². The Kier molecular flexibility index (Phi) is 4.95. The molecule has 1 N–H and O–H groups in total. The minimum absolute atomic E-state index is 0.213. The van der Waals surface area contributed by atoms with Gasteiger partial charge in [0.15, 0.2) is 5.16 Å². The molecule has 0 spiro atoms. The summed E-state index contributed by atoms with van der Waals surface area (Å²) < 4.78 is 0. The van der Waals surface area contributed by atoms with Gasteiger partial charge < -0.3 is 0 Å². The summed E-state index contributed by atoms with van der Waals surface area (Å²) in [5, 5.41) is 4.13. The summed E-state index contributed by atoms with van der Waals surface area (Å²) in [4.78, 5) is 23.1. The average Bonchev–Trinajstić information content (AvgIpc) is 2.67. The number of thioether (sulfide) groups is 1. The third kappa shape index (κ3) is 3.61. The van der Waals surface area contributed by atoms with E-state index in [2.05, 4.69) is 27.4 Å². The van der Waals surface area contributed by atoms with E-state index < -0.39 is 0 Å². The van der Waals surface area contributed by atoms with Gasteiger partial charge in [-0.1, -0.05) is 65.8 Å². The van der Waals surface area contributed by atoms with Gasteiger partial charge in [0.05, 0.1) is 17.3 Å². The minimum atomic E-state index is -0.213. The summed E-state index contributed by atoms with van der Waals surface area (Å²) in [5.74, 6) is 1.36. The molecule has 2 aromatic rings. The van der Waals surface area contributed by atoms with E-state index >= 15 is 0 Å². The molecule has 5 nitrogen and oxygen atoms in total. The fourth-order valence-corrected chi connectivity index (χ4v) is 3.94. The highest BCUT2D eigenvalue weighted by atomic mass is 35.5. The third-order valence-electron chi connectivity index (χ3n) is 4.22. The van der Waals surface area contributed by atoms with Crippen LogP contribution in [-0.4, -0.2) is 20.9 Å². The molecular formula is C19H17ClN4OS. The molecule has 1 aliphatic carbocycles. The normalized spacial score (nSPS) is 16.5. The standard InChI is InChI=1S/C19H17ClN4OS/c20-15-8-4-5-9-16(15)24-11-14-10-21-18(22-17(14)23-19(24)25)26-12-13-6-2-1-3-7-13/h1-3,6-10H,4-5,11-12H2,(H,21,22,23,25). The zero-order chi connectivity index (χ0) is 17.9. The third-order valence-corrected chi connectivity index (χ3v) is 5.50. The van der Waals surface area contributed by atoms with E-state index in [0.29, 0.717) is 22.6 Å². The number of amides is 2. The van der Waals surface area contributed by atoms with Crippen LogP contribution in [0.25, 0.3) is 0 Å². The number of nitrogens with zero attached hydrogens (tertiary/aromatic N) is 3. The quantitative estimate of drug-likeness (QED) is 0.600. The van der Waals surface area contributed by atoms with E-state index in [9.17, 15) is 4.79 Å². The molecule has 0 saturated heterocycles. The molecule has 26 heavy (non-hydrogen) atoms. The molecule has 7 heteroatoms. The number of benzene rings is 1. The molecule has 1 aliphatic heterocycles. The first-order chi connectivity index (χ1) is 12.7. The van der Waals surface area contributed by atoms with Crippen LogP contribution in [0.5, 0.6) is 0 Å². The Labute approximate surface area is 161 Å². The Morgan fingerprint density at radius 3 is 2.81 bits per heavy atom. The summed E-state index contributed by atoms with van der Waals surface area (Å²) in [6.07, 6.45) is 7.51. The van der Waals surface area contributed by atoms with Crippen molar-refractivity contribution in [1.29, 1.82) is 0 Å². The maximum Gasteiger partial charge on any atom is 0.327 e. The van der Waals surface area contributed by atoms with E-state index in [1.54, 1.807) is 22.9 Å². The highest BCUT2D eigenvalue weighted by molar-refractivity contribution is 7.98. The average molecular weight is 385 g/mol. The lowest BCUT2D eigenvalue weighted by Gasteiger charge is -2.31. The summed E-state index contributed by atoms with van der Waals surface area (Å²) in [5.41, 5.74) is 2.84. The van der Waals surface area contributed by atoms with Gasteiger partial charge in [0.25, 0.3) is 0 Å². The number of anilines is 1. The van der Waals surface area contributed by atoms with Crippen LogP contribution in [0.1, 0.15) is 24.0 Å². The number of fused-ring (bicyclic) bond motifs is 1. The monoisotopic (exact) mass is 384 g/mol. The van der Waals surface area contributed by atoms with Crippen molar-refractivity contribution >= 4 is 35.2 Å². The van der Waals surface area contributed by atoms with Crippen molar-refractivity contribution in [3.8, 4) is 0 Å². The first-order valence-corrected chi connectivity index (χ1v) is 9.74. The molecule has 1 aromatic carbocycles. The van der Waals surface area contributed by atoms with Gasteiger partial charge in [-0.05, 0) is 18.4 Å². The molecule has 2 heterocycles. The van der Waals surface area contributed by atoms with Gasteiger partial charge in [-0.2, -0.15) is 0 Å². The van der Waals surface area contributed by atoms with Crippen molar-refractivity contribution in [3.05, 3.63) is 70.5 Å². The highest BCUT2D eigenvalue weighted by Crippen LogP contribution is 2.32. The van der Waals surface area contributed by atoms with Crippen LogP contribution < -0.4 is 5.32 Å². The molecule has 0 radical (unpaired) electrons. The maximum atomic E-state index is 12.5. The van der Waals surface area contributed by atoms with E-state index in [4.69, 9.17) is 11.6 Å². The number of urea groups is 1. The van der Waals surface area contributed by atoms with Crippen LogP contribution in [0.3, 0.4) is 0 Å². The molecule has 2 aliphatic rings. The molecule has 0 bridgehead atoms. The number of hydrogen-bond acceptors (Lipinski definition) is 4. The lowest BCUT2D eigenvalue weighted by atomic mass is 10.1. The summed E-state index contributed by atoms with van der Waals surface area (Å²) in [6.45, 7) is 0.417. The van der Waals surface area contributed by atoms with Gasteiger partial charge in [0.1, 0.15) is 5.82 Å². The first kappa shape index (κ1) is 17.1. The van der Waals surface area contributed by atoms with E-state index in [1.807, 2.05) is 30.4 Å². The fraction of sp³-hybridized carbons (Fsp3) is 0.211. The number of halogens is 1. The lowest BCUT2D eigenvalue weighted by molar-refractivity contribution is 0.221. The van der Waals surface area contributed by atoms with Gasteiger partial charge >= 0.3 is 6.03 Å². The topological polar surface area (TPSA) is 58.1 Å². The SMILES string of the molecule is O=C1Nc2nc(SCc3ccccc3)ncc2CN1C1=CCCC=C1Cl. The molecule has 1 aromatic heterocycles. The summed E-state index contributed by atoms with van der Waals surface area (Å²) >= 11 is 7.82. The lowest BCUT2D eigenvalue weighted by Crippen LogP contribution is -2.39. The largest absolute Gasteiger partial charge is 0.327 e. The molecule has 0 unspecified atom stereocenters. The van der Waals surface area contributed by atoms with Crippen LogP contribution in [0.2, 0.25) is 0 Å². The number of hydrogen-bond donors (Lipinski definition) is 1. The van der Waals surface area contributed by atoms with Crippen LogP contribution >= 0.6 is 23.4 Å². The second-order valence-corrected chi connectivity index (χ2v) is 7.39. The van der Waals surface area contributed by atoms with Crippen LogP contribution in [0, 0.1) is 0 Å². The van der Waals surface area contributed by atoms with Crippen LogP contribution in [0.4, 0.5) is 10.6 Å². The fourth-order valence-electron chi connectivity index (χ4n) is 2.88. The van der Waals surface area contributed by atoms with Gasteiger partial charge in [-0.3, -0.25) is 10.2 Å². The number of aromatic nitrogens is 2. The zero-order valence-electron chi connectivity index (χ0n) is 14.0. The predicted molar refractivity (Wildman–Crippen MR) is 104 cm³/mol. The maximum absolute atomic E-state index is 12.5. The van der Waals surface area contributed by atoms with Gasteiger partial charge in [-0.25, -0.2) is 14.8 Å². The molecular weight excluding hydrogens is 368 g/mol. The first-order valence-electron chi connectivity index (χ1n) is 8.38. The molecule has 132 valence electrons. The Bertz CT molecular complexity index is 898. The predicted octanol–water partition coefficient (Wildman–Crippen LogP) is 4.92. The van der Waals surface area contributed by atoms with Crippen LogP contribution in [0.15, 0.2) is 64.6 Å². The molecule has 0 saturated carbocycles. The smallest absolute Gasteiger partial charge is 0.291 e. The van der Waals surface area contributed by atoms with Crippen molar-refractivity contribution in [2.75, 3.05) is 5.32 Å². The number of carbonyl (C=O) groups excluding carboxylic acids is 1. The van der Waals surface area contributed by atoms with Gasteiger partial charge in [0, 0.05) is 17.5 Å². The van der Waals surface area contributed by atoms with Crippen molar-refractivity contribution in [2.45, 2.75) is 30.3 Å². The number of nitrogens with one attached hydrogen (secondary N) is 1.